The predicted octanol–water partition coefficient (Wildman–Crippen LogP) is -0.548. The van der Waals surface area contributed by atoms with E-state index in [2.05, 4.69) is 12.6 Å². The summed E-state index contributed by atoms with van der Waals surface area (Å²) in [6, 6.07) is 0. The molecule has 1 fully saturated rings. The fraction of sp³-hybridized carbons (Fsp3) is 0.818. The zero-order chi connectivity index (χ0) is 15.3. The molecule has 1 N–H and O–H groups in total. The Hall–Kier alpha value is -0.640. The SMILES string of the molecule is CC(C)(C(=O)OC(CO)CS)C(=O)OC1COS(=O)C1. The van der Waals surface area contributed by atoms with Crippen molar-refractivity contribution in [2.75, 3.05) is 24.7 Å². The lowest BCUT2D eigenvalue weighted by Crippen LogP contribution is -2.41. The molecular formula is C11H18O7S2. The third-order valence-corrected chi connectivity index (χ3v) is 4.13. The van der Waals surface area contributed by atoms with Crippen LogP contribution in [0.25, 0.3) is 0 Å². The van der Waals surface area contributed by atoms with Gasteiger partial charge in [0.15, 0.2) is 16.5 Å². The van der Waals surface area contributed by atoms with E-state index in [0.717, 1.165) is 0 Å². The topological polar surface area (TPSA) is 99.1 Å². The van der Waals surface area contributed by atoms with Crippen molar-refractivity contribution in [3.05, 3.63) is 0 Å². The molecule has 0 bridgehead atoms. The van der Waals surface area contributed by atoms with Gasteiger partial charge in [-0.05, 0) is 13.8 Å². The summed E-state index contributed by atoms with van der Waals surface area (Å²) in [5.41, 5.74) is -1.53. The molecule has 0 aliphatic carbocycles. The van der Waals surface area contributed by atoms with Crippen molar-refractivity contribution in [1.29, 1.82) is 0 Å². The van der Waals surface area contributed by atoms with Gasteiger partial charge in [-0.15, -0.1) is 0 Å². The van der Waals surface area contributed by atoms with E-state index in [0.29, 0.717) is 0 Å². The van der Waals surface area contributed by atoms with Crippen LogP contribution in [0.2, 0.25) is 0 Å². The van der Waals surface area contributed by atoms with Gasteiger partial charge >= 0.3 is 11.9 Å². The van der Waals surface area contributed by atoms with Gasteiger partial charge in [0.2, 0.25) is 0 Å². The summed E-state index contributed by atoms with van der Waals surface area (Å²) < 4.78 is 25.8. The average Bonchev–Trinajstić information content (AvgIpc) is 2.80. The minimum absolute atomic E-state index is 0.0411. The van der Waals surface area contributed by atoms with Gasteiger partial charge in [-0.25, -0.2) is 4.21 Å². The maximum absolute atomic E-state index is 12.0. The normalized spacial score (nSPS) is 24.2. The molecule has 0 radical (unpaired) electrons. The van der Waals surface area contributed by atoms with Gasteiger partial charge in [-0.1, -0.05) is 0 Å². The molecule has 0 aromatic rings. The molecule has 1 aliphatic rings. The van der Waals surface area contributed by atoms with E-state index in [4.69, 9.17) is 18.8 Å². The van der Waals surface area contributed by atoms with Crippen molar-refractivity contribution in [1.82, 2.24) is 0 Å². The molecule has 7 nitrogen and oxygen atoms in total. The van der Waals surface area contributed by atoms with Crippen LogP contribution in [0.4, 0.5) is 0 Å². The number of rotatable bonds is 6. The highest BCUT2D eigenvalue weighted by molar-refractivity contribution is 7.80. The van der Waals surface area contributed by atoms with E-state index in [9.17, 15) is 13.8 Å². The van der Waals surface area contributed by atoms with Crippen molar-refractivity contribution in [3.63, 3.8) is 0 Å². The smallest absolute Gasteiger partial charge is 0.323 e. The van der Waals surface area contributed by atoms with Crippen molar-refractivity contribution in [3.8, 4) is 0 Å². The Morgan fingerprint density at radius 2 is 2.15 bits per heavy atom. The monoisotopic (exact) mass is 326 g/mol. The van der Waals surface area contributed by atoms with Gasteiger partial charge in [0.1, 0.15) is 18.8 Å². The molecule has 0 aromatic heterocycles. The Balaban J connectivity index is 2.59. The first-order chi connectivity index (χ1) is 9.31. The Morgan fingerprint density at radius 3 is 2.60 bits per heavy atom. The molecule has 1 aliphatic heterocycles. The second kappa shape index (κ2) is 7.39. The number of hydrogen-bond donors (Lipinski definition) is 2. The number of aliphatic hydroxyl groups excluding tert-OH is 1. The van der Waals surface area contributed by atoms with Crippen LogP contribution < -0.4 is 0 Å². The highest BCUT2D eigenvalue weighted by atomic mass is 32.2. The number of aliphatic hydroxyl groups is 1. The third-order valence-electron chi connectivity index (χ3n) is 2.68. The maximum Gasteiger partial charge on any atom is 0.323 e. The Labute approximate surface area is 125 Å². The number of carbonyl (C=O) groups excluding carboxylic acids is 2. The van der Waals surface area contributed by atoms with E-state index in [1.165, 1.54) is 13.8 Å². The molecule has 1 rings (SSSR count). The molecular weight excluding hydrogens is 308 g/mol. The Bertz CT molecular complexity index is 392. The number of carbonyl (C=O) groups is 2. The maximum atomic E-state index is 12.0. The molecule has 0 saturated carbocycles. The van der Waals surface area contributed by atoms with E-state index in [-0.39, 0.29) is 24.7 Å². The average molecular weight is 326 g/mol. The molecule has 0 amide bonds. The van der Waals surface area contributed by atoms with Crippen LogP contribution in [0, 0.1) is 5.41 Å². The van der Waals surface area contributed by atoms with Gasteiger partial charge < -0.3 is 14.6 Å². The van der Waals surface area contributed by atoms with Crippen molar-refractivity contribution in [2.45, 2.75) is 26.1 Å². The van der Waals surface area contributed by atoms with Crippen molar-refractivity contribution >= 4 is 35.6 Å². The van der Waals surface area contributed by atoms with Crippen molar-refractivity contribution < 1.29 is 32.6 Å². The molecule has 3 unspecified atom stereocenters. The minimum atomic E-state index is -1.53. The summed E-state index contributed by atoms with van der Waals surface area (Å²) in [7, 11) is 0. The third kappa shape index (κ3) is 4.44. The lowest BCUT2D eigenvalue weighted by molar-refractivity contribution is -0.176. The molecule has 20 heavy (non-hydrogen) atoms. The number of ether oxygens (including phenoxy) is 2. The highest BCUT2D eigenvalue weighted by Gasteiger charge is 2.42. The molecule has 0 aromatic carbocycles. The summed E-state index contributed by atoms with van der Waals surface area (Å²) in [5.74, 6) is -1.36. The van der Waals surface area contributed by atoms with E-state index >= 15 is 0 Å². The van der Waals surface area contributed by atoms with Crippen LogP contribution >= 0.6 is 12.6 Å². The van der Waals surface area contributed by atoms with Crippen LogP contribution in [0.3, 0.4) is 0 Å². The summed E-state index contributed by atoms with van der Waals surface area (Å²) in [6.07, 6.45) is -1.41. The van der Waals surface area contributed by atoms with E-state index in [1.54, 1.807) is 0 Å². The van der Waals surface area contributed by atoms with Gasteiger partial charge in [0.05, 0.1) is 12.4 Å². The van der Waals surface area contributed by atoms with E-state index in [1.807, 2.05) is 0 Å². The molecule has 0 spiro atoms. The minimum Gasteiger partial charge on any atom is -0.458 e. The van der Waals surface area contributed by atoms with Crippen LogP contribution in [0.1, 0.15) is 13.8 Å². The Morgan fingerprint density at radius 1 is 1.50 bits per heavy atom. The second-order valence-electron chi connectivity index (χ2n) is 4.80. The Kier molecular flexibility index (Phi) is 6.44. The zero-order valence-electron chi connectivity index (χ0n) is 11.2. The first-order valence-electron chi connectivity index (χ1n) is 5.96. The molecule has 9 heteroatoms. The summed E-state index contributed by atoms with van der Waals surface area (Å²) in [6.45, 7) is 2.38. The lowest BCUT2D eigenvalue weighted by Gasteiger charge is -2.24. The first-order valence-corrected chi connectivity index (χ1v) is 7.84. The van der Waals surface area contributed by atoms with Crippen LogP contribution in [-0.2, 0) is 34.3 Å². The van der Waals surface area contributed by atoms with Gasteiger partial charge in [-0.3, -0.25) is 13.8 Å². The quantitative estimate of drug-likeness (QED) is 0.384. The largest absolute Gasteiger partial charge is 0.458 e. The van der Waals surface area contributed by atoms with E-state index < -0.39 is 40.6 Å². The summed E-state index contributed by atoms with van der Waals surface area (Å²) in [5, 5.41) is 8.95. The number of esters is 2. The molecule has 116 valence electrons. The highest BCUT2D eigenvalue weighted by Crippen LogP contribution is 2.23. The second-order valence-corrected chi connectivity index (χ2v) is 6.34. The predicted molar refractivity (Wildman–Crippen MR) is 73.4 cm³/mol. The number of hydrogen-bond acceptors (Lipinski definition) is 8. The first kappa shape index (κ1) is 17.4. The van der Waals surface area contributed by atoms with Crippen molar-refractivity contribution in [2.24, 2.45) is 5.41 Å². The van der Waals surface area contributed by atoms with Crippen LogP contribution in [0.15, 0.2) is 0 Å². The van der Waals surface area contributed by atoms with Gasteiger partial charge in [0, 0.05) is 5.75 Å². The van der Waals surface area contributed by atoms with Gasteiger partial charge in [0.25, 0.3) is 0 Å². The van der Waals surface area contributed by atoms with Gasteiger partial charge in [-0.2, -0.15) is 12.6 Å². The fourth-order valence-electron chi connectivity index (χ4n) is 1.28. The lowest BCUT2D eigenvalue weighted by atomic mass is 9.94. The van der Waals surface area contributed by atoms with Crippen LogP contribution in [0.5, 0.6) is 0 Å². The standard InChI is InChI=1S/C11H18O7S2/c1-11(2,9(13)17-7(3-12)5-19)10(14)18-8-4-16-20(15)6-8/h7-8,12,19H,3-6H2,1-2H3. The molecule has 1 saturated heterocycles. The summed E-state index contributed by atoms with van der Waals surface area (Å²) in [4.78, 5) is 23.9. The van der Waals surface area contributed by atoms with Crippen LogP contribution in [-0.4, -0.2) is 58.2 Å². The summed E-state index contributed by atoms with van der Waals surface area (Å²) >= 11 is 2.46. The fourth-order valence-corrected chi connectivity index (χ4v) is 2.34. The zero-order valence-corrected chi connectivity index (χ0v) is 12.9. The molecule has 3 atom stereocenters. The molecule has 1 heterocycles. The number of thiol groups is 1.